The molecule has 24 heavy (non-hydrogen) atoms. The van der Waals surface area contributed by atoms with E-state index in [1.54, 1.807) is 45.0 Å². The van der Waals surface area contributed by atoms with E-state index in [1.807, 2.05) is 6.07 Å². The third-order valence-corrected chi connectivity index (χ3v) is 3.34. The van der Waals surface area contributed by atoms with E-state index in [0.717, 1.165) is 0 Å². The average Bonchev–Trinajstić information content (AvgIpc) is 2.77. The average molecular weight is 333 g/mol. The van der Waals surface area contributed by atoms with Crippen LogP contribution in [-0.2, 0) is 14.3 Å². The Morgan fingerprint density at radius 3 is 2.50 bits per heavy atom. The van der Waals surface area contributed by atoms with Gasteiger partial charge in [0.15, 0.2) is 0 Å². The molecule has 1 aromatic carbocycles. The topological polar surface area (TPSA) is 87.7 Å². The molecule has 7 heteroatoms. The fraction of sp³-hybridized carbons (Fsp3) is 0.471. The molecule has 1 unspecified atom stereocenters. The number of anilines is 1. The van der Waals surface area contributed by atoms with Crippen LogP contribution in [0.15, 0.2) is 30.3 Å². The molecule has 1 aliphatic heterocycles. The van der Waals surface area contributed by atoms with Gasteiger partial charge in [-0.3, -0.25) is 9.59 Å². The first-order valence-electron chi connectivity index (χ1n) is 7.90. The molecule has 0 spiro atoms. The number of rotatable bonds is 5. The van der Waals surface area contributed by atoms with Gasteiger partial charge in [-0.2, -0.15) is 0 Å². The van der Waals surface area contributed by atoms with E-state index in [-0.39, 0.29) is 18.2 Å². The summed E-state index contributed by atoms with van der Waals surface area (Å²) in [6.45, 7) is 6.02. The summed E-state index contributed by atoms with van der Waals surface area (Å²) in [7, 11) is 0. The van der Waals surface area contributed by atoms with Gasteiger partial charge in [-0.25, -0.2) is 9.69 Å². The van der Waals surface area contributed by atoms with Gasteiger partial charge in [-0.15, -0.1) is 0 Å². The maximum absolute atomic E-state index is 12.4. The minimum atomic E-state index is -0.571. The second-order valence-corrected chi connectivity index (χ2v) is 6.54. The zero-order valence-corrected chi connectivity index (χ0v) is 14.2. The van der Waals surface area contributed by atoms with E-state index in [4.69, 9.17) is 4.74 Å². The van der Waals surface area contributed by atoms with E-state index in [2.05, 4.69) is 10.6 Å². The van der Waals surface area contributed by atoms with Crippen molar-refractivity contribution >= 4 is 23.6 Å². The molecule has 1 saturated heterocycles. The third kappa shape index (κ3) is 4.79. The Morgan fingerprint density at radius 2 is 1.88 bits per heavy atom. The van der Waals surface area contributed by atoms with E-state index in [1.165, 1.54) is 4.90 Å². The summed E-state index contributed by atoms with van der Waals surface area (Å²) in [5.74, 6) is -0.507. The number of carbonyl (C=O) groups excluding carboxylic acids is 3. The number of hydrogen-bond donors (Lipinski definition) is 2. The van der Waals surface area contributed by atoms with Crippen LogP contribution in [0.2, 0.25) is 0 Å². The van der Waals surface area contributed by atoms with Crippen molar-refractivity contribution in [2.24, 2.45) is 0 Å². The van der Waals surface area contributed by atoms with Crippen molar-refractivity contribution in [3.8, 4) is 0 Å². The van der Waals surface area contributed by atoms with Crippen LogP contribution in [0.1, 0.15) is 27.2 Å². The first kappa shape index (κ1) is 17.9. The second-order valence-electron chi connectivity index (χ2n) is 6.54. The molecule has 0 bridgehead atoms. The van der Waals surface area contributed by atoms with Gasteiger partial charge in [0, 0.05) is 13.1 Å². The van der Waals surface area contributed by atoms with Crippen molar-refractivity contribution < 1.29 is 19.1 Å². The van der Waals surface area contributed by atoms with Crippen LogP contribution >= 0.6 is 0 Å². The molecule has 1 heterocycles. The van der Waals surface area contributed by atoms with Gasteiger partial charge < -0.3 is 15.4 Å². The highest BCUT2D eigenvalue weighted by Gasteiger charge is 2.38. The standard InChI is InChI=1S/C17H23N3O4/c1-17(2,3)24-16(23)19-10-9-18-13-11-14(21)20(15(13)22)12-7-5-4-6-8-12/h4-8,13,18H,9-11H2,1-3H3,(H,19,23). The lowest BCUT2D eigenvalue weighted by molar-refractivity contribution is -0.121. The van der Waals surface area contributed by atoms with Crippen molar-refractivity contribution in [2.45, 2.75) is 38.8 Å². The molecule has 1 atom stereocenters. The van der Waals surface area contributed by atoms with Crippen LogP contribution in [0.3, 0.4) is 0 Å². The molecule has 3 amide bonds. The first-order valence-corrected chi connectivity index (χ1v) is 7.90. The van der Waals surface area contributed by atoms with Crippen molar-refractivity contribution in [3.63, 3.8) is 0 Å². The maximum atomic E-state index is 12.4. The summed E-state index contributed by atoms with van der Waals surface area (Å²) in [6.07, 6.45) is -0.399. The van der Waals surface area contributed by atoms with E-state index < -0.39 is 17.7 Å². The van der Waals surface area contributed by atoms with E-state index in [9.17, 15) is 14.4 Å². The number of benzene rings is 1. The number of nitrogens with zero attached hydrogens (tertiary/aromatic N) is 1. The van der Waals surface area contributed by atoms with Crippen LogP contribution in [0.5, 0.6) is 0 Å². The predicted octanol–water partition coefficient (Wildman–Crippen LogP) is 1.43. The van der Waals surface area contributed by atoms with Crippen LogP contribution in [0, 0.1) is 0 Å². The summed E-state index contributed by atoms with van der Waals surface area (Å²) in [6, 6.07) is 8.26. The van der Waals surface area contributed by atoms with Crippen molar-refractivity contribution in [1.82, 2.24) is 10.6 Å². The second kappa shape index (κ2) is 7.44. The highest BCUT2D eigenvalue weighted by molar-refractivity contribution is 6.22. The Bertz CT molecular complexity index is 610. The molecule has 7 nitrogen and oxygen atoms in total. The number of para-hydroxylation sites is 1. The molecular formula is C17H23N3O4. The van der Waals surface area contributed by atoms with Crippen LogP contribution in [0.4, 0.5) is 10.5 Å². The summed E-state index contributed by atoms with van der Waals surface area (Å²) >= 11 is 0. The maximum Gasteiger partial charge on any atom is 0.407 e. The first-order chi connectivity index (χ1) is 11.3. The molecule has 0 radical (unpaired) electrons. The van der Waals surface area contributed by atoms with Gasteiger partial charge in [0.1, 0.15) is 5.60 Å². The molecule has 1 fully saturated rings. The molecular weight excluding hydrogens is 310 g/mol. The molecule has 2 rings (SSSR count). The Morgan fingerprint density at radius 1 is 1.21 bits per heavy atom. The summed E-state index contributed by atoms with van der Waals surface area (Å²) in [5.41, 5.74) is 0.0188. The molecule has 130 valence electrons. The highest BCUT2D eigenvalue weighted by atomic mass is 16.6. The molecule has 0 aromatic heterocycles. The molecule has 1 aromatic rings. The fourth-order valence-corrected chi connectivity index (χ4v) is 2.36. The zero-order valence-electron chi connectivity index (χ0n) is 14.2. The van der Waals surface area contributed by atoms with Gasteiger partial charge in [0.05, 0.1) is 18.2 Å². The number of carbonyl (C=O) groups is 3. The SMILES string of the molecule is CC(C)(C)OC(=O)NCCNC1CC(=O)N(c2ccccc2)C1=O. The predicted molar refractivity (Wildman–Crippen MR) is 89.6 cm³/mol. The number of ether oxygens (including phenoxy) is 1. The van der Waals surface area contributed by atoms with E-state index in [0.29, 0.717) is 18.8 Å². The molecule has 2 N–H and O–H groups in total. The quantitative estimate of drug-likeness (QED) is 0.629. The lowest BCUT2D eigenvalue weighted by Crippen LogP contribution is -2.42. The highest BCUT2D eigenvalue weighted by Crippen LogP contribution is 2.22. The molecule has 0 saturated carbocycles. The summed E-state index contributed by atoms with van der Waals surface area (Å²) < 4.78 is 5.12. The lowest BCUT2D eigenvalue weighted by Gasteiger charge is -2.20. The summed E-state index contributed by atoms with van der Waals surface area (Å²) in [4.78, 5) is 37.1. The number of hydrogen-bond acceptors (Lipinski definition) is 5. The Kier molecular flexibility index (Phi) is 5.56. The molecule has 1 aliphatic rings. The minimum Gasteiger partial charge on any atom is -0.444 e. The largest absolute Gasteiger partial charge is 0.444 e. The number of imide groups is 1. The van der Waals surface area contributed by atoms with Crippen molar-refractivity contribution in [3.05, 3.63) is 30.3 Å². The number of alkyl carbamates (subject to hydrolysis) is 1. The van der Waals surface area contributed by atoms with Crippen molar-refractivity contribution in [1.29, 1.82) is 0 Å². The van der Waals surface area contributed by atoms with Crippen molar-refractivity contribution in [2.75, 3.05) is 18.0 Å². The van der Waals surface area contributed by atoms with Crippen LogP contribution in [-0.4, -0.2) is 42.6 Å². The fourth-order valence-electron chi connectivity index (χ4n) is 2.36. The number of amides is 3. The monoisotopic (exact) mass is 333 g/mol. The van der Waals surface area contributed by atoms with Gasteiger partial charge in [-0.05, 0) is 32.9 Å². The summed E-state index contributed by atoms with van der Waals surface area (Å²) in [5, 5.41) is 5.60. The number of nitrogens with one attached hydrogen (secondary N) is 2. The lowest BCUT2D eigenvalue weighted by atomic mass is 10.2. The van der Waals surface area contributed by atoms with Gasteiger partial charge in [-0.1, -0.05) is 18.2 Å². The third-order valence-electron chi connectivity index (χ3n) is 3.34. The van der Waals surface area contributed by atoms with E-state index >= 15 is 0 Å². The Balaban J connectivity index is 1.79. The Hall–Kier alpha value is -2.41. The van der Waals surface area contributed by atoms with Gasteiger partial charge >= 0.3 is 6.09 Å². The van der Waals surface area contributed by atoms with Crippen LogP contribution in [0.25, 0.3) is 0 Å². The van der Waals surface area contributed by atoms with Gasteiger partial charge in [0.25, 0.3) is 5.91 Å². The smallest absolute Gasteiger partial charge is 0.407 e. The van der Waals surface area contributed by atoms with Crippen LogP contribution < -0.4 is 15.5 Å². The normalized spacial score (nSPS) is 18.0. The Labute approximate surface area is 141 Å². The zero-order chi connectivity index (χ0) is 17.7. The molecule has 0 aliphatic carbocycles. The van der Waals surface area contributed by atoms with Gasteiger partial charge in [0.2, 0.25) is 5.91 Å². The minimum absolute atomic E-state index is 0.111.